The minimum atomic E-state index is -1.45. The number of nitrogens with zero attached hydrogens (tertiary/aromatic N) is 2. The molecule has 7 heteroatoms. The van der Waals surface area contributed by atoms with Crippen molar-refractivity contribution in [2.75, 3.05) is 14.2 Å². The number of aliphatic hydroxyl groups is 1. The highest BCUT2D eigenvalue weighted by Gasteiger charge is 2.29. The summed E-state index contributed by atoms with van der Waals surface area (Å²) in [7, 11) is 2.70. The van der Waals surface area contributed by atoms with E-state index in [1.54, 1.807) is 19.1 Å². The van der Waals surface area contributed by atoms with Crippen molar-refractivity contribution in [1.82, 2.24) is 9.97 Å². The van der Waals surface area contributed by atoms with Crippen molar-refractivity contribution in [3.8, 4) is 6.01 Å². The van der Waals surface area contributed by atoms with Crippen molar-refractivity contribution >= 4 is 17.6 Å². The fourth-order valence-electron chi connectivity index (χ4n) is 1.95. The van der Waals surface area contributed by atoms with Crippen molar-refractivity contribution < 1.29 is 19.4 Å². The zero-order chi connectivity index (χ0) is 16.3. The smallest absolute Gasteiger partial charge is 0.339 e. The highest BCUT2D eigenvalue weighted by Crippen LogP contribution is 2.31. The Balaban J connectivity index is 2.51. The molecule has 6 nitrogen and oxygen atoms in total. The van der Waals surface area contributed by atoms with Gasteiger partial charge in [0.2, 0.25) is 0 Å². The van der Waals surface area contributed by atoms with Crippen molar-refractivity contribution in [3.05, 3.63) is 52.3 Å². The van der Waals surface area contributed by atoms with Crippen LogP contribution in [0.25, 0.3) is 0 Å². The van der Waals surface area contributed by atoms with E-state index in [1.807, 2.05) is 0 Å². The Kier molecular flexibility index (Phi) is 4.63. The minimum absolute atomic E-state index is 0.139. The van der Waals surface area contributed by atoms with Crippen molar-refractivity contribution in [3.63, 3.8) is 0 Å². The zero-order valence-corrected chi connectivity index (χ0v) is 13.1. The predicted molar refractivity (Wildman–Crippen MR) is 80.0 cm³/mol. The van der Waals surface area contributed by atoms with Crippen LogP contribution < -0.4 is 4.74 Å². The van der Waals surface area contributed by atoms with Gasteiger partial charge in [-0.15, -0.1) is 0 Å². The fourth-order valence-corrected chi connectivity index (χ4v) is 2.15. The second-order valence-corrected chi connectivity index (χ2v) is 5.09. The van der Waals surface area contributed by atoms with Crippen LogP contribution in [-0.4, -0.2) is 35.3 Å². The lowest BCUT2D eigenvalue weighted by Gasteiger charge is -2.24. The van der Waals surface area contributed by atoms with Gasteiger partial charge >= 0.3 is 12.0 Å². The molecule has 0 unspecified atom stereocenters. The van der Waals surface area contributed by atoms with Gasteiger partial charge in [0.1, 0.15) is 5.60 Å². The number of hydrogen-bond acceptors (Lipinski definition) is 6. The van der Waals surface area contributed by atoms with Gasteiger partial charge in [0.15, 0.2) is 0 Å². The maximum atomic E-state index is 11.7. The van der Waals surface area contributed by atoms with Gasteiger partial charge in [0, 0.05) is 6.20 Å². The molecule has 0 radical (unpaired) electrons. The van der Waals surface area contributed by atoms with Crippen LogP contribution in [0.4, 0.5) is 0 Å². The van der Waals surface area contributed by atoms with E-state index >= 15 is 0 Å². The Hall–Kier alpha value is -2.18. The molecule has 1 atom stereocenters. The second kappa shape index (κ2) is 6.29. The molecule has 0 aliphatic rings. The van der Waals surface area contributed by atoms with Crippen LogP contribution in [0.2, 0.25) is 5.02 Å². The van der Waals surface area contributed by atoms with Gasteiger partial charge in [-0.3, -0.25) is 0 Å². The van der Waals surface area contributed by atoms with E-state index in [9.17, 15) is 9.90 Å². The number of carbonyl (C=O) groups is 1. The zero-order valence-electron chi connectivity index (χ0n) is 12.3. The molecule has 0 fully saturated rings. The molecular formula is C15H15ClN2O4. The molecule has 1 heterocycles. The van der Waals surface area contributed by atoms with Gasteiger partial charge in [-0.05, 0) is 30.7 Å². The van der Waals surface area contributed by atoms with Crippen LogP contribution in [0.3, 0.4) is 0 Å². The van der Waals surface area contributed by atoms with E-state index in [0.29, 0.717) is 11.3 Å². The van der Waals surface area contributed by atoms with Crippen LogP contribution in [0.5, 0.6) is 6.01 Å². The molecule has 22 heavy (non-hydrogen) atoms. The molecule has 0 saturated heterocycles. The first kappa shape index (κ1) is 16.2. The normalized spacial score (nSPS) is 13.3. The summed E-state index contributed by atoms with van der Waals surface area (Å²) in [6, 6.07) is 6.32. The Morgan fingerprint density at radius 1 is 1.32 bits per heavy atom. The first-order chi connectivity index (χ1) is 10.4. The fraction of sp³-hybridized carbons (Fsp3) is 0.267. The first-order valence-corrected chi connectivity index (χ1v) is 6.76. The van der Waals surface area contributed by atoms with Gasteiger partial charge in [0.25, 0.3) is 0 Å². The topological polar surface area (TPSA) is 81.5 Å². The molecule has 0 aliphatic heterocycles. The third-order valence-corrected chi connectivity index (χ3v) is 3.58. The Morgan fingerprint density at radius 2 is 2.05 bits per heavy atom. The summed E-state index contributed by atoms with van der Waals surface area (Å²) in [5.74, 6) is -0.581. The molecule has 2 aromatic rings. The number of benzene rings is 1. The molecular weight excluding hydrogens is 308 g/mol. The molecule has 2 rings (SSSR count). The maximum absolute atomic E-state index is 11.7. The Labute approximate surface area is 132 Å². The highest BCUT2D eigenvalue weighted by atomic mass is 35.5. The van der Waals surface area contributed by atoms with Gasteiger partial charge in [0.05, 0.1) is 30.5 Å². The number of esters is 1. The monoisotopic (exact) mass is 322 g/mol. The summed E-state index contributed by atoms with van der Waals surface area (Å²) in [6.45, 7) is 1.55. The van der Waals surface area contributed by atoms with Gasteiger partial charge in [-0.2, -0.15) is 4.98 Å². The standard InChI is InChI=1S/C15H15ClN2O4/c1-15(20,12-6-7-17-14(18-12)22-3)9-4-5-11(16)10(8-9)13(19)21-2/h4-8,20H,1-3H3/t15-/m0/s1. The lowest BCUT2D eigenvalue weighted by atomic mass is 9.91. The molecule has 0 aliphatic carbocycles. The Morgan fingerprint density at radius 3 is 2.68 bits per heavy atom. The summed E-state index contributed by atoms with van der Waals surface area (Å²) in [5.41, 5.74) is -0.512. The van der Waals surface area contributed by atoms with Gasteiger partial charge in [-0.1, -0.05) is 17.7 Å². The van der Waals surface area contributed by atoms with Gasteiger partial charge < -0.3 is 14.6 Å². The van der Waals surface area contributed by atoms with Crippen LogP contribution >= 0.6 is 11.6 Å². The molecule has 0 amide bonds. The summed E-state index contributed by atoms with van der Waals surface area (Å²) >= 11 is 5.99. The quantitative estimate of drug-likeness (QED) is 0.869. The van der Waals surface area contributed by atoms with Crippen LogP contribution in [-0.2, 0) is 10.3 Å². The van der Waals surface area contributed by atoms with Crippen molar-refractivity contribution in [2.45, 2.75) is 12.5 Å². The number of methoxy groups -OCH3 is 2. The number of rotatable bonds is 4. The van der Waals surface area contributed by atoms with Crippen LogP contribution in [0, 0.1) is 0 Å². The van der Waals surface area contributed by atoms with E-state index in [0.717, 1.165) is 0 Å². The molecule has 1 N–H and O–H groups in total. The molecule has 0 spiro atoms. The Bertz CT molecular complexity index is 704. The third-order valence-electron chi connectivity index (χ3n) is 3.25. The highest BCUT2D eigenvalue weighted by molar-refractivity contribution is 6.33. The predicted octanol–water partition coefficient (Wildman–Crippen LogP) is 2.18. The maximum Gasteiger partial charge on any atom is 0.339 e. The SMILES string of the molecule is COC(=O)c1cc([C@](C)(O)c2ccnc(OC)n2)ccc1Cl. The van der Waals surface area contributed by atoms with E-state index in [1.165, 1.54) is 32.5 Å². The number of hydrogen-bond donors (Lipinski definition) is 1. The van der Waals surface area contributed by atoms with Crippen molar-refractivity contribution in [2.24, 2.45) is 0 Å². The van der Waals surface area contributed by atoms with Crippen LogP contribution in [0.15, 0.2) is 30.5 Å². The van der Waals surface area contributed by atoms with E-state index in [4.69, 9.17) is 16.3 Å². The number of ether oxygens (including phenoxy) is 2. The summed E-state index contributed by atoms with van der Waals surface area (Å²) < 4.78 is 9.63. The molecule has 0 saturated carbocycles. The average molecular weight is 323 g/mol. The lowest BCUT2D eigenvalue weighted by molar-refractivity contribution is 0.0599. The minimum Gasteiger partial charge on any atom is -0.467 e. The largest absolute Gasteiger partial charge is 0.467 e. The first-order valence-electron chi connectivity index (χ1n) is 6.38. The summed E-state index contributed by atoms with van der Waals surface area (Å²) in [5, 5.41) is 11.0. The van der Waals surface area contributed by atoms with E-state index < -0.39 is 11.6 Å². The lowest BCUT2D eigenvalue weighted by Crippen LogP contribution is -2.25. The van der Waals surface area contributed by atoms with Gasteiger partial charge in [-0.25, -0.2) is 9.78 Å². The molecule has 0 bridgehead atoms. The second-order valence-electron chi connectivity index (χ2n) is 4.69. The summed E-state index contributed by atoms with van der Waals surface area (Å²) in [6.07, 6.45) is 1.48. The number of carbonyl (C=O) groups excluding carboxylic acids is 1. The molecule has 1 aromatic heterocycles. The average Bonchev–Trinajstić information content (AvgIpc) is 2.54. The van der Waals surface area contributed by atoms with E-state index in [-0.39, 0.29) is 16.6 Å². The van der Waals surface area contributed by atoms with Crippen molar-refractivity contribution in [1.29, 1.82) is 0 Å². The van der Waals surface area contributed by atoms with E-state index in [2.05, 4.69) is 14.7 Å². The third kappa shape index (κ3) is 3.03. The molecule has 1 aromatic carbocycles. The summed E-state index contributed by atoms with van der Waals surface area (Å²) in [4.78, 5) is 19.7. The van der Waals surface area contributed by atoms with Crippen LogP contribution in [0.1, 0.15) is 28.5 Å². The molecule has 116 valence electrons. The number of halogens is 1. The number of aromatic nitrogens is 2.